The highest BCUT2D eigenvalue weighted by atomic mass is 16.3. The number of hydrogen-bond acceptors (Lipinski definition) is 1. The van der Waals surface area contributed by atoms with Crippen molar-refractivity contribution in [3.8, 4) is 0 Å². The van der Waals surface area contributed by atoms with Crippen LogP contribution >= 0.6 is 0 Å². The molecule has 0 aliphatic carbocycles. The van der Waals surface area contributed by atoms with Crippen molar-refractivity contribution in [2.45, 2.75) is 83.7 Å². The number of benzene rings is 1. The molecule has 0 spiro atoms. The highest BCUT2D eigenvalue weighted by molar-refractivity contribution is 5.41. The zero-order chi connectivity index (χ0) is 17.7. The van der Waals surface area contributed by atoms with Crippen molar-refractivity contribution < 1.29 is 5.11 Å². The highest BCUT2D eigenvalue weighted by Gasteiger charge is 2.22. The second-order valence-electron chi connectivity index (χ2n) is 7.83. The second-order valence-corrected chi connectivity index (χ2v) is 7.83. The van der Waals surface area contributed by atoms with Crippen LogP contribution in [0.2, 0.25) is 0 Å². The quantitative estimate of drug-likeness (QED) is 0.330. The number of rotatable bonds is 14. The standard InChI is InChI=1S/C22H40NO/c1-4-5-6-7-8-9-10-11-12-16-19-22(24)20-23(2,3)21-17-14-13-15-18-21/h13-15,17-18,22,24H,4-12,16,19-20H2,1-3H3/q+1. The minimum atomic E-state index is -0.200. The molecule has 2 nitrogen and oxygen atoms in total. The molecule has 0 aliphatic rings. The molecule has 0 bridgehead atoms. The maximum Gasteiger partial charge on any atom is 0.132 e. The van der Waals surface area contributed by atoms with Gasteiger partial charge in [0, 0.05) is 0 Å². The van der Waals surface area contributed by atoms with Gasteiger partial charge in [-0.1, -0.05) is 89.3 Å². The van der Waals surface area contributed by atoms with E-state index in [0.717, 1.165) is 23.9 Å². The fourth-order valence-corrected chi connectivity index (χ4v) is 3.42. The van der Waals surface area contributed by atoms with Gasteiger partial charge in [-0.05, 0) is 18.6 Å². The third kappa shape index (κ3) is 9.44. The fourth-order valence-electron chi connectivity index (χ4n) is 3.42. The maximum atomic E-state index is 10.4. The van der Waals surface area contributed by atoms with Crippen LogP contribution < -0.4 is 4.48 Å². The Hall–Kier alpha value is -0.860. The number of hydrogen-bond donors (Lipinski definition) is 1. The predicted molar refractivity (Wildman–Crippen MR) is 107 cm³/mol. The summed E-state index contributed by atoms with van der Waals surface area (Å²) in [6.07, 6.45) is 14.2. The van der Waals surface area contributed by atoms with Crippen molar-refractivity contribution >= 4 is 5.69 Å². The zero-order valence-electron chi connectivity index (χ0n) is 16.3. The highest BCUT2D eigenvalue weighted by Crippen LogP contribution is 2.20. The van der Waals surface area contributed by atoms with Crippen molar-refractivity contribution in [2.24, 2.45) is 0 Å². The van der Waals surface area contributed by atoms with E-state index in [2.05, 4.69) is 45.3 Å². The average molecular weight is 335 g/mol. The van der Waals surface area contributed by atoms with Crippen LogP contribution in [0.4, 0.5) is 5.69 Å². The monoisotopic (exact) mass is 334 g/mol. The molecule has 1 atom stereocenters. The lowest BCUT2D eigenvalue weighted by molar-refractivity contribution is 0.126. The van der Waals surface area contributed by atoms with E-state index in [-0.39, 0.29) is 6.10 Å². The molecule has 0 saturated carbocycles. The number of likely N-dealkylation sites (N-methyl/N-ethyl adjacent to an activating group) is 1. The largest absolute Gasteiger partial charge is 0.387 e. The van der Waals surface area contributed by atoms with Gasteiger partial charge >= 0.3 is 0 Å². The molecule has 138 valence electrons. The molecule has 0 aliphatic heterocycles. The smallest absolute Gasteiger partial charge is 0.132 e. The summed E-state index contributed by atoms with van der Waals surface area (Å²) in [6, 6.07) is 10.5. The fraction of sp³-hybridized carbons (Fsp3) is 0.727. The molecular weight excluding hydrogens is 294 g/mol. The molecule has 1 aromatic rings. The Morgan fingerprint density at radius 3 is 1.83 bits per heavy atom. The molecule has 1 rings (SSSR count). The molecule has 0 saturated heterocycles. The third-order valence-corrected chi connectivity index (χ3v) is 5.01. The Morgan fingerprint density at radius 1 is 0.792 bits per heavy atom. The van der Waals surface area contributed by atoms with Crippen LogP contribution in [-0.4, -0.2) is 31.9 Å². The molecule has 1 N–H and O–H groups in total. The van der Waals surface area contributed by atoms with Crippen molar-refractivity contribution in [2.75, 3.05) is 20.6 Å². The SMILES string of the molecule is CCCCCCCCCCCCC(O)C[N+](C)(C)c1ccccc1. The number of unbranched alkanes of at least 4 members (excludes halogenated alkanes) is 9. The average Bonchev–Trinajstić information content (AvgIpc) is 2.57. The van der Waals surface area contributed by atoms with Crippen molar-refractivity contribution in [3.05, 3.63) is 30.3 Å². The lowest BCUT2D eigenvalue weighted by Gasteiger charge is -2.31. The summed E-state index contributed by atoms with van der Waals surface area (Å²) in [5.41, 5.74) is 1.26. The summed E-state index contributed by atoms with van der Waals surface area (Å²) in [5.74, 6) is 0. The number of quaternary nitrogens is 1. The van der Waals surface area contributed by atoms with Crippen molar-refractivity contribution in [1.29, 1.82) is 0 Å². The first-order valence-corrected chi connectivity index (χ1v) is 10.1. The molecular formula is C22H40NO+. The van der Waals surface area contributed by atoms with Gasteiger partial charge in [0.15, 0.2) is 0 Å². The van der Waals surface area contributed by atoms with Crippen LogP contribution in [0.1, 0.15) is 77.6 Å². The van der Waals surface area contributed by atoms with Gasteiger partial charge in [-0.3, -0.25) is 4.48 Å². The van der Waals surface area contributed by atoms with Crippen molar-refractivity contribution in [3.63, 3.8) is 0 Å². The summed E-state index contributed by atoms with van der Waals surface area (Å²) >= 11 is 0. The van der Waals surface area contributed by atoms with Crippen LogP contribution in [0.25, 0.3) is 0 Å². The summed E-state index contributed by atoms with van der Waals surface area (Å²) in [7, 11) is 4.36. The molecule has 0 amide bonds. The molecule has 0 aromatic heterocycles. The number of aliphatic hydroxyl groups is 1. The first-order valence-electron chi connectivity index (χ1n) is 10.1. The maximum absolute atomic E-state index is 10.4. The number of nitrogens with zero attached hydrogens (tertiary/aromatic N) is 1. The van der Waals surface area contributed by atoms with E-state index < -0.39 is 0 Å². The molecule has 0 fully saturated rings. The van der Waals surface area contributed by atoms with Gasteiger partial charge < -0.3 is 5.11 Å². The second kappa shape index (κ2) is 12.5. The van der Waals surface area contributed by atoms with Crippen LogP contribution in [0, 0.1) is 0 Å². The molecule has 2 heteroatoms. The van der Waals surface area contributed by atoms with Gasteiger partial charge in [-0.2, -0.15) is 0 Å². The van der Waals surface area contributed by atoms with E-state index >= 15 is 0 Å². The summed E-state index contributed by atoms with van der Waals surface area (Å²) < 4.78 is 0.750. The van der Waals surface area contributed by atoms with Gasteiger partial charge in [-0.15, -0.1) is 0 Å². The molecule has 24 heavy (non-hydrogen) atoms. The van der Waals surface area contributed by atoms with Crippen LogP contribution in [0.3, 0.4) is 0 Å². The van der Waals surface area contributed by atoms with E-state index in [0.29, 0.717) is 0 Å². The van der Waals surface area contributed by atoms with Gasteiger partial charge in [0.05, 0.1) is 14.1 Å². The van der Waals surface area contributed by atoms with Gasteiger partial charge in [0.25, 0.3) is 0 Å². The normalized spacial score (nSPS) is 13.2. The third-order valence-electron chi connectivity index (χ3n) is 5.01. The Bertz CT molecular complexity index is 402. The predicted octanol–water partition coefficient (Wildman–Crippen LogP) is 5.93. The molecule has 1 aromatic carbocycles. The van der Waals surface area contributed by atoms with E-state index in [9.17, 15) is 5.11 Å². The van der Waals surface area contributed by atoms with Crippen LogP contribution in [0.15, 0.2) is 30.3 Å². The Morgan fingerprint density at radius 2 is 1.29 bits per heavy atom. The lowest BCUT2D eigenvalue weighted by Crippen LogP contribution is -2.46. The van der Waals surface area contributed by atoms with E-state index in [4.69, 9.17) is 0 Å². The first kappa shape index (κ1) is 21.2. The minimum absolute atomic E-state index is 0.200. The summed E-state index contributed by atoms with van der Waals surface area (Å²) in [4.78, 5) is 0. The Balaban J connectivity index is 2.05. The van der Waals surface area contributed by atoms with Crippen LogP contribution in [-0.2, 0) is 0 Å². The van der Waals surface area contributed by atoms with E-state index in [1.807, 2.05) is 6.07 Å². The minimum Gasteiger partial charge on any atom is -0.387 e. The van der Waals surface area contributed by atoms with Gasteiger partial charge in [0.2, 0.25) is 0 Å². The molecule has 0 radical (unpaired) electrons. The summed E-state index contributed by atoms with van der Waals surface area (Å²) in [5, 5.41) is 10.4. The Kier molecular flexibility index (Phi) is 11.0. The molecule has 0 heterocycles. The molecule has 1 unspecified atom stereocenters. The van der Waals surface area contributed by atoms with Gasteiger partial charge in [0.1, 0.15) is 18.3 Å². The number of aliphatic hydroxyl groups excluding tert-OH is 1. The van der Waals surface area contributed by atoms with Crippen LogP contribution in [0.5, 0.6) is 0 Å². The van der Waals surface area contributed by atoms with Crippen molar-refractivity contribution in [1.82, 2.24) is 4.48 Å². The zero-order valence-corrected chi connectivity index (χ0v) is 16.3. The number of para-hydroxylation sites is 1. The summed E-state index contributed by atoms with van der Waals surface area (Å²) in [6.45, 7) is 3.07. The lowest BCUT2D eigenvalue weighted by atomic mass is 10.0. The van der Waals surface area contributed by atoms with Gasteiger partial charge in [-0.25, -0.2) is 0 Å². The van der Waals surface area contributed by atoms with E-state index in [1.54, 1.807) is 0 Å². The topological polar surface area (TPSA) is 20.2 Å². The van der Waals surface area contributed by atoms with E-state index in [1.165, 1.54) is 63.5 Å². The Labute approximate surface area is 150 Å². The first-order chi connectivity index (χ1) is 11.6.